The highest BCUT2D eigenvalue weighted by molar-refractivity contribution is 6.15. The molecule has 1 N–H and O–H groups in total. The van der Waals surface area contributed by atoms with Gasteiger partial charge in [0.25, 0.3) is 5.56 Å². The number of hydrogen-bond acceptors (Lipinski definition) is 5. The van der Waals surface area contributed by atoms with E-state index >= 15 is 0 Å². The van der Waals surface area contributed by atoms with Gasteiger partial charge < -0.3 is 14.4 Å². The standard InChI is InChI=1S/C27H23FN2O4/c28-21-5-2-1-4-17(21)11-24-26(33)19-8-9-23(31)20(27(19)34-24)15-29-12-16-10-18(14-29)22-6-3-7-25(32)30(22)13-16/h1-9,11,16,18,31H,10,12-15H2/b24-11-. The number of carbonyl (C=O) groups excluding carboxylic acids is 1. The number of benzene rings is 2. The molecule has 0 amide bonds. The summed E-state index contributed by atoms with van der Waals surface area (Å²) in [7, 11) is 0. The first-order chi connectivity index (χ1) is 16.5. The van der Waals surface area contributed by atoms with Crippen molar-refractivity contribution in [2.75, 3.05) is 13.1 Å². The molecule has 0 saturated carbocycles. The van der Waals surface area contributed by atoms with Crippen LogP contribution in [0.5, 0.6) is 11.5 Å². The summed E-state index contributed by atoms with van der Waals surface area (Å²) >= 11 is 0. The van der Waals surface area contributed by atoms with Gasteiger partial charge in [0.2, 0.25) is 5.78 Å². The molecular formula is C27H23FN2O4. The molecule has 34 heavy (non-hydrogen) atoms. The van der Waals surface area contributed by atoms with Crippen molar-refractivity contribution in [3.63, 3.8) is 0 Å². The molecular weight excluding hydrogens is 435 g/mol. The van der Waals surface area contributed by atoms with E-state index in [9.17, 15) is 19.1 Å². The van der Waals surface area contributed by atoms with Gasteiger partial charge in [-0.15, -0.1) is 0 Å². The predicted molar refractivity (Wildman–Crippen MR) is 124 cm³/mol. The monoisotopic (exact) mass is 458 g/mol. The number of carbonyl (C=O) groups is 1. The van der Waals surface area contributed by atoms with Gasteiger partial charge in [0, 0.05) is 49.4 Å². The Bertz CT molecular complexity index is 1410. The first-order valence-electron chi connectivity index (χ1n) is 11.4. The molecule has 6 rings (SSSR count). The fraction of sp³-hybridized carbons (Fsp3) is 0.259. The van der Waals surface area contributed by atoms with Crippen LogP contribution in [0.4, 0.5) is 4.39 Å². The number of halogens is 1. The molecule has 1 saturated heterocycles. The number of likely N-dealkylation sites (tertiary alicyclic amines) is 1. The van der Waals surface area contributed by atoms with Crippen molar-refractivity contribution in [2.24, 2.45) is 5.92 Å². The summed E-state index contributed by atoms with van der Waals surface area (Å²) in [6, 6.07) is 14.7. The molecule has 1 fully saturated rings. The third kappa shape index (κ3) is 3.44. The molecule has 7 heteroatoms. The van der Waals surface area contributed by atoms with Crippen LogP contribution in [0.2, 0.25) is 0 Å². The second-order valence-corrected chi connectivity index (χ2v) is 9.29. The van der Waals surface area contributed by atoms with Crippen molar-refractivity contribution in [3.8, 4) is 11.5 Å². The molecule has 4 heterocycles. The Labute approximate surface area is 195 Å². The van der Waals surface area contributed by atoms with Gasteiger partial charge >= 0.3 is 0 Å². The minimum Gasteiger partial charge on any atom is -0.507 e. The van der Waals surface area contributed by atoms with E-state index in [0.29, 0.717) is 35.9 Å². The average molecular weight is 458 g/mol. The van der Waals surface area contributed by atoms with Crippen molar-refractivity contribution in [2.45, 2.75) is 25.4 Å². The van der Waals surface area contributed by atoms with Crippen LogP contribution in [0, 0.1) is 11.7 Å². The molecule has 2 aromatic carbocycles. The third-order valence-corrected chi connectivity index (χ3v) is 7.05. The highest BCUT2D eigenvalue weighted by Gasteiger charge is 2.36. The molecule has 3 aliphatic rings. The first kappa shape index (κ1) is 20.9. The summed E-state index contributed by atoms with van der Waals surface area (Å²) in [5.41, 5.74) is 2.28. The maximum Gasteiger partial charge on any atom is 0.250 e. The summed E-state index contributed by atoms with van der Waals surface area (Å²) in [5, 5.41) is 10.7. The SMILES string of the molecule is O=C1/C(=C/c2ccccc2F)Oc2c1ccc(O)c2CN1CC2CC(C1)c1cccc(=O)n1C2. The molecule has 3 aromatic rings. The Kier molecular flexibility index (Phi) is 4.88. The molecule has 2 atom stereocenters. The number of ether oxygens (including phenoxy) is 1. The van der Waals surface area contributed by atoms with Crippen LogP contribution in [-0.2, 0) is 13.1 Å². The van der Waals surface area contributed by atoms with E-state index in [0.717, 1.165) is 25.2 Å². The number of allylic oxidation sites excluding steroid dienone is 1. The Morgan fingerprint density at radius 1 is 1.03 bits per heavy atom. The molecule has 3 aliphatic heterocycles. The minimum atomic E-state index is -0.440. The van der Waals surface area contributed by atoms with Gasteiger partial charge in [-0.1, -0.05) is 24.3 Å². The molecule has 0 aliphatic carbocycles. The van der Waals surface area contributed by atoms with Crippen molar-refractivity contribution in [3.05, 3.63) is 98.9 Å². The Hall–Kier alpha value is -3.71. The summed E-state index contributed by atoms with van der Waals surface area (Å²) in [5.74, 6) is 0.235. The highest BCUT2D eigenvalue weighted by atomic mass is 19.1. The van der Waals surface area contributed by atoms with Crippen LogP contribution in [0.1, 0.15) is 39.5 Å². The second-order valence-electron chi connectivity index (χ2n) is 9.29. The number of rotatable bonds is 3. The number of Topliss-reactive ketones (excluding diaryl/α,β-unsaturated/α-hetero) is 1. The van der Waals surface area contributed by atoms with E-state index in [1.165, 1.54) is 18.2 Å². The van der Waals surface area contributed by atoms with E-state index in [-0.39, 0.29) is 34.3 Å². The number of piperidine rings is 1. The van der Waals surface area contributed by atoms with E-state index in [2.05, 4.69) is 4.90 Å². The Morgan fingerprint density at radius 2 is 1.88 bits per heavy atom. The largest absolute Gasteiger partial charge is 0.507 e. The normalized spacial score (nSPS) is 22.4. The Balaban J connectivity index is 1.29. The van der Waals surface area contributed by atoms with E-state index in [1.54, 1.807) is 30.3 Å². The lowest BCUT2D eigenvalue weighted by molar-refractivity contribution is 0.101. The van der Waals surface area contributed by atoms with Crippen molar-refractivity contribution >= 4 is 11.9 Å². The quantitative estimate of drug-likeness (QED) is 0.603. The van der Waals surface area contributed by atoms with Gasteiger partial charge in [0.15, 0.2) is 5.76 Å². The number of nitrogens with zero attached hydrogens (tertiary/aromatic N) is 2. The van der Waals surface area contributed by atoms with E-state index in [4.69, 9.17) is 4.74 Å². The predicted octanol–water partition coefficient (Wildman–Crippen LogP) is 3.93. The smallest absolute Gasteiger partial charge is 0.250 e. The van der Waals surface area contributed by atoms with E-state index in [1.807, 2.05) is 16.7 Å². The zero-order valence-corrected chi connectivity index (χ0v) is 18.4. The maximum atomic E-state index is 14.1. The van der Waals surface area contributed by atoms with E-state index < -0.39 is 5.82 Å². The number of ketones is 1. The highest BCUT2D eigenvalue weighted by Crippen LogP contribution is 2.42. The van der Waals surface area contributed by atoms with Crippen LogP contribution in [0.25, 0.3) is 6.08 Å². The molecule has 6 nitrogen and oxygen atoms in total. The van der Waals surface area contributed by atoms with Crippen LogP contribution in [0.15, 0.2) is 65.2 Å². The van der Waals surface area contributed by atoms with Gasteiger partial charge in [0.05, 0.1) is 11.1 Å². The Morgan fingerprint density at radius 3 is 2.74 bits per heavy atom. The number of phenols is 1. The fourth-order valence-electron chi connectivity index (χ4n) is 5.53. The molecule has 172 valence electrons. The van der Waals surface area contributed by atoms with Gasteiger partial charge in [-0.05, 0) is 42.7 Å². The number of phenolic OH excluding ortho intramolecular Hbond substituents is 1. The first-order valence-corrected chi connectivity index (χ1v) is 11.4. The lowest BCUT2D eigenvalue weighted by Crippen LogP contribution is -2.46. The molecule has 1 aromatic heterocycles. The summed E-state index contributed by atoms with van der Waals surface area (Å²) in [4.78, 5) is 27.5. The average Bonchev–Trinajstić information content (AvgIpc) is 3.13. The fourth-order valence-corrected chi connectivity index (χ4v) is 5.53. The zero-order valence-electron chi connectivity index (χ0n) is 18.4. The molecule has 2 bridgehead atoms. The van der Waals surface area contributed by atoms with Crippen molar-refractivity contribution < 1.29 is 19.0 Å². The molecule has 2 unspecified atom stereocenters. The summed E-state index contributed by atoms with van der Waals surface area (Å²) < 4.78 is 21.9. The third-order valence-electron chi connectivity index (χ3n) is 7.05. The number of fused-ring (bicyclic) bond motifs is 5. The van der Waals surface area contributed by atoms with Gasteiger partial charge in [-0.3, -0.25) is 14.5 Å². The number of aromatic hydroxyl groups is 1. The molecule has 0 spiro atoms. The maximum absolute atomic E-state index is 14.1. The lowest BCUT2D eigenvalue weighted by atomic mass is 9.83. The van der Waals surface area contributed by atoms with Gasteiger partial charge in [0.1, 0.15) is 17.3 Å². The van der Waals surface area contributed by atoms with Crippen molar-refractivity contribution in [1.29, 1.82) is 0 Å². The second kappa shape index (κ2) is 7.95. The number of hydrogen-bond donors (Lipinski definition) is 1. The van der Waals surface area contributed by atoms with Crippen molar-refractivity contribution in [1.82, 2.24) is 9.47 Å². The summed E-state index contributed by atoms with van der Waals surface area (Å²) in [6.07, 6.45) is 2.43. The van der Waals surface area contributed by atoms with Crippen LogP contribution in [0.3, 0.4) is 0 Å². The van der Waals surface area contributed by atoms with Gasteiger partial charge in [-0.2, -0.15) is 0 Å². The van der Waals surface area contributed by atoms with Crippen LogP contribution in [-0.4, -0.2) is 33.4 Å². The van der Waals surface area contributed by atoms with Crippen LogP contribution >= 0.6 is 0 Å². The minimum absolute atomic E-state index is 0.0377. The number of pyridine rings is 1. The molecule has 0 radical (unpaired) electrons. The lowest BCUT2D eigenvalue weighted by Gasteiger charge is -2.42. The topological polar surface area (TPSA) is 71.8 Å². The van der Waals surface area contributed by atoms with Crippen LogP contribution < -0.4 is 10.3 Å². The summed E-state index contributed by atoms with van der Waals surface area (Å²) in [6.45, 7) is 2.63. The zero-order chi connectivity index (χ0) is 23.4. The van der Waals surface area contributed by atoms with Gasteiger partial charge in [-0.25, -0.2) is 4.39 Å². The number of aromatic nitrogens is 1.